The van der Waals surface area contributed by atoms with Crippen molar-refractivity contribution in [2.24, 2.45) is 0 Å². The molecule has 158 valence electrons. The number of alkyl halides is 2. The number of amides is 1. The summed E-state index contributed by atoms with van der Waals surface area (Å²) >= 11 is 0. The van der Waals surface area contributed by atoms with Gasteiger partial charge in [0.2, 0.25) is 17.6 Å². The van der Waals surface area contributed by atoms with Gasteiger partial charge in [-0.15, -0.1) is 0 Å². The second-order valence-corrected chi connectivity index (χ2v) is 7.98. The number of pyridine rings is 1. The first-order chi connectivity index (χ1) is 14.8. The SMILES string of the molecule is Cc1ccn2c(C(=O)Nc3cc(-c4noc(C5CC(F)(F)C5)n4)ccc3C)cnc2c1. The van der Waals surface area contributed by atoms with E-state index in [-0.39, 0.29) is 24.6 Å². The van der Waals surface area contributed by atoms with Gasteiger partial charge in [0.05, 0.1) is 6.20 Å². The van der Waals surface area contributed by atoms with Crippen molar-refractivity contribution in [3.8, 4) is 11.4 Å². The fourth-order valence-electron chi connectivity index (χ4n) is 3.69. The number of carbonyl (C=O) groups excluding carboxylic acids is 1. The second-order valence-electron chi connectivity index (χ2n) is 7.98. The largest absolute Gasteiger partial charge is 0.339 e. The lowest BCUT2D eigenvalue weighted by atomic mass is 9.81. The van der Waals surface area contributed by atoms with E-state index in [1.54, 1.807) is 22.7 Å². The van der Waals surface area contributed by atoms with Crippen LogP contribution in [-0.4, -0.2) is 31.4 Å². The van der Waals surface area contributed by atoms with Crippen molar-refractivity contribution in [3.63, 3.8) is 0 Å². The number of imidazole rings is 1. The quantitative estimate of drug-likeness (QED) is 0.511. The van der Waals surface area contributed by atoms with Gasteiger partial charge in [-0.3, -0.25) is 9.20 Å². The van der Waals surface area contributed by atoms with Crippen LogP contribution in [0.1, 0.15) is 46.3 Å². The van der Waals surface area contributed by atoms with Crippen molar-refractivity contribution in [1.82, 2.24) is 19.5 Å². The van der Waals surface area contributed by atoms with Gasteiger partial charge in [0.1, 0.15) is 11.3 Å². The maximum absolute atomic E-state index is 13.1. The second kappa shape index (κ2) is 6.97. The van der Waals surface area contributed by atoms with Crippen molar-refractivity contribution >= 4 is 17.2 Å². The number of halogens is 2. The van der Waals surface area contributed by atoms with E-state index in [4.69, 9.17) is 4.52 Å². The average Bonchev–Trinajstić information content (AvgIpc) is 3.34. The number of hydrogen-bond donors (Lipinski definition) is 1. The smallest absolute Gasteiger partial charge is 0.274 e. The molecule has 1 saturated carbocycles. The summed E-state index contributed by atoms with van der Waals surface area (Å²) in [5, 5.41) is 6.84. The molecule has 1 fully saturated rings. The topological polar surface area (TPSA) is 85.3 Å². The van der Waals surface area contributed by atoms with Crippen LogP contribution in [0.25, 0.3) is 17.0 Å². The Labute approximate surface area is 176 Å². The van der Waals surface area contributed by atoms with E-state index in [0.29, 0.717) is 28.4 Å². The Bertz CT molecular complexity index is 1300. The van der Waals surface area contributed by atoms with Crippen molar-refractivity contribution in [1.29, 1.82) is 0 Å². The molecule has 0 atom stereocenters. The minimum Gasteiger partial charge on any atom is -0.339 e. The Hall–Kier alpha value is -3.62. The number of benzene rings is 1. The van der Waals surface area contributed by atoms with E-state index < -0.39 is 11.8 Å². The first kappa shape index (κ1) is 19.3. The molecule has 9 heteroatoms. The van der Waals surface area contributed by atoms with Gasteiger partial charge in [-0.05, 0) is 43.2 Å². The van der Waals surface area contributed by atoms with Crippen LogP contribution < -0.4 is 5.32 Å². The molecule has 31 heavy (non-hydrogen) atoms. The van der Waals surface area contributed by atoms with E-state index in [1.807, 2.05) is 32.0 Å². The molecule has 1 aliphatic carbocycles. The zero-order valence-corrected chi connectivity index (χ0v) is 16.9. The van der Waals surface area contributed by atoms with Crippen LogP contribution in [0.2, 0.25) is 0 Å². The van der Waals surface area contributed by atoms with E-state index in [2.05, 4.69) is 20.4 Å². The molecule has 3 aromatic heterocycles. The third-order valence-corrected chi connectivity index (χ3v) is 5.53. The lowest BCUT2D eigenvalue weighted by molar-refractivity contribution is -0.0925. The molecule has 1 N–H and O–H groups in total. The van der Waals surface area contributed by atoms with Gasteiger partial charge >= 0.3 is 0 Å². The number of hydrogen-bond acceptors (Lipinski definition) is 5. The maximum atomic E-state index is 13.1. The fourth-order valence-corrected chi connectivity index (χ4v) is 3.69. The molecule has 1 amide bonds. The number of fused-ring (bicyclic) bond motifs is 1. The Morgan fingerprint density at radius 3 is 2.81 bits per heavy atom. The predicted octanol–water partition coefficient (Wildman–Crippen LogP) is 4.77. The molecule has 0 spiro atoms. The van der Waals surface area contributed by atoms with E-state index >= 15 is 0 Å². The molecule has 0 saturated heterocycles. The maximum Gasteiger partial charge on any atom is 0.274 e. The first-order valence-electron chi connectivity index (χ1n) is 9.87. The Balaban J connectivity index is 1.39. The number of nitrogens with zero attached hydrogens (tertiary/aromatic N) is 4. The highest BCUT2D eigenvalue weighted by molar-refractivity contribution is 6.04. The molecular formula is C22H19F2N5O2. The summed E-state index contributed by atoms with van der Waals surface area (Å²) in [7, 11) is 0. The van der Waals surface area contributed by atoms with Crippen LogP contribution in [0.5, 0.6) is 0 Å². The molecule has 0 bridgehead atoms. The summed E-state index contributed by atoms with van der Waals surface area (Å²) in [5.74, 6) is -2.86. The lowest BCUT2D eigenvalue weighted by Gasteiger charge is -2.31. The van der Waals surface area contributed by atoms with Gasteiger partial charge in [-0.1, -0.05) is 17.3 Å². The third-order valence-electron chi connectivity index (χ3n) is 5.53. The molecule has 0 aliphatic heterocycles. The Morgan fingerprint density at radius 1 is 1.23 bits per heavy atom. The number of nitrogens with one attached hydrogen (secondary N) is 1. The van der Waals surface area contributed by atoms with Crippen molar-refractivity contribution in [2.45, 2.75) is 38.5 Å². The highest BCUT2D eigenvalue weighted by Gasteiger charge is 2.48. The first-order valence-corrected chi connectivity index (χ1v) is 9.87. The standard InChI is InChI=1S/C22H19F2N5O2/c1-12-5-6-29-17(11-25-18(29)7-12)20(30)26-16-8-14(4-3-13(16)2)19-27-21(31-28-19)15-9-22(23,24)10-15/h3-8,11,15H,9-10H2,1-2H3,(H,26,30). The summed E-state index contributed by atoms with van der Waals surface area (Å²) < 4.78 is 33.2. The zero-order valence-electron chi connectivity index (χ0n) is 16.9. The lowest BCUT2D eigenvalue weighted by Crippen LogP contribution is -2.33. The highest BCUT2D eigenvalue weighted by atomic mass is 19.3. The van der Waals surface area contributed by atoms with Gasteiger partial charge in [-0.2, -0.15) is 4.98 Å². The van der Waals surface area contributed by atoms with E-state index in [1.165, 1.54) is 6.20 Å². The normalized spacial score (nSPS) is 15.7. The predicted molar refractivity (Wildman–Crippen MR) is 109 cm³/mol. The van der Waals surface area contributed by atoms with Crippen molar-refractivity contribution in [2.75, 3.05) is 5.32 Å². The van der Waals surface area contributed by atoms with Crippen LogP contribution in [0, 0.1) is 13.8 Å². The number of carbonyl (C=O) groups is 1. The minimum absolute atomic E-state index is 0.216. The van der Waals surface area contributed by atoms with Gasteiger partial charge in [-0.25, -0.2) is 13.8 Å². The highest BCUT2D eigenvalue weighted by Crippen LogP contribution is 2.47. The van der Waals surface area contributed by atoms with Crippen LogP contribution >= 0.6 is 0 Å². The summed E-state index contributed by atoms with van der Waals surface area (Å²) in [6, 6.07) is 9.17. The van der Waals surface area contributed by atoms with Gasteiger partial charge in [0.25, 0.3) is 5.91 Å². The third kappa shape index (κ3) is 3.56. The van der Waals surface area contributed by atoms with Crippen LogP contribution in [-0.2, 0) is 0 Å². The van der Waals surface area contributed by atoms with Gasteiger partial charge in [0, 0.05) is 36.2 Å². The minimum atomic E-state index is -2.66. The summed E-state index contributed by atoms with van der Waals surface area (Å²) in [6.07, 6.45) is 2.79. The average molecular weight is 423 g/mol. The molecule has 7 nitrogen and oxygen atoms in total. The number of anilines is 1. The van der Waals surface area contributed by atoms with Crippen LogP contribution in [0.4, 0.5) is 14.5 Å². The zero-order chi connectivity index (χ0) is 21.8. The molecule has 5 rings (SSSR count). The van der Waals surface area contributed by atoms with E-state index in [0.717, 1.165) is 11.1 Å². The Morgan fingerprint density at radius 2 is 2.03 bits per heavy atom. The van der Waals surface area contributed by atoms with Crippen molar-refractivity contribution < 1.29 is 18.1 Å². The van der Waals surface area contributed by atoms with Crippen LogP contribution in [0.15, 0.2) is 47.2 Å². The molecular weight excluding hydrogens is 404 g/mol. The number of aromatic nitrogens is 4. The Kier molecular flexibility index (Phi) is 4.35. The molecule has 0 radical (unpaired) electrons. The summed E-state index contributed by atoms with van der Waals surface area (Å²) in [6.45, 7) is 3.83. The van der Waals surface area contributed by atoms with Crippen LogP contribution in [0.3, 0.4) is 0 Å². The van der Waals surface area contributed by atoms with Gasteiger partial charge in [0.15, 0.2) is 0 Å². The number of aryl methyl sites for hydroxylation is 2. The summed E-state index contributed by atoms with van der Waals surface area (Å²) in [4.78, 5) is 21.5. The number of rotatable bonds is 4. The molecule has 0 unspecified atom stereocenters. The molecule has 4 aromatic rings. The van der Waals surface area contributed by atoms with E-state index in [9.17, 15) is 13.6 Å². The van der Waals surface area contributed by atoms with Gasteiger partial charge < -0.3 is 9.84 Å². The molecule has 1 aliphatic rings. The van der Waals surface area contributed by atoms with Crippen molar-refractivity contribution in [3.05, 3.63) is 65.4 Å². The monoisotopic (exact) mass is 423 g/mol. The summed E-state index contributed by atoms with van der Waals surface area (Å²) in [5.41, 5.74) is 4.22. The fraction of sp³-hybridized carbons (Fsp3) is 0.273. The molecule has 1 aromatic carbocycles. The molecule has 3 heterocycles.